The van der Waals surface area contributed by atoms with Crippen LogP contribution in [0.1, 0.15) is 27.2 Å². The lowest BCUT2D eigenvalue weighted by atomic mass is 10.0. The highest BCUT2D eigenvalue weighted by Gasteiger charge is 2.33. The highest BCUT2D eigenvalue weighted by molar-refractivity contribution is 5.83. The molecule has 1 rings (SSSR count). The third-order valence-electron chi connectivity index (χ3n) is 2.66. The van der Waals surface area contributed by atoms with Crippen molar-refractivity contribution in [3.63, 3.8) is 0 Å². The van der Waals surface area contributed by atoms with Gasteiger partial charge >= 0.3 is 0 Å². The summed E-state index contributed by atoms with van der Waals surface area (Å²) in [7, 11) is 0. The lowest BCUT2D eigenvalue weighted by Gasteiger charge is -2.40. The van der Waals surface area contributed by atoms with Crippen molar-refractivity contribution >= 4 is 5.91 Å². The number of nitrogens with one attached hydrogen (secondary N) is 1. The molecule has 0 aromatic rings. The standard InChI is InChI=1S/C10H20N2O2/c1-7(2)12-8(3)6-11-9(4-5-13)10(12)14/h7-9,11,13H,4-6H2,1-3H3. The molecule has 82 valence electrons. The van der Waals surface area contributed by atoms with Gasteiger partial charge in [0.1, 0.15) is 0 Å². The predicted molar refractivity (Wildman–Crippen MR) is 54.9 cm³/mol. The van der Waals surface area contributed by atoms with E-state index in [0.717, 1.165) is 6.54 Å². The molecule has 1 saturated heterocycles. The molecule has 14 heavy (non-hydrogen) atoms. The molecule has 1 aliphatic rings. The van der Waals surface area contributed by atoms with E-state index in [2.05, 4.69) is 5.32 Å². The predicted octanol–water partition coefficient (Wildman–Crippen LogP) is -0.0339. The minimum atomic E-state index is -0.196. The Morgan fingerprint density at radius 2 is 2.29 bits per heavy atom. The largest absolute Gasteiger partial charge is 0.396 e. The van der Waals surface area contributed by atoms with Crippen LogP contribution in [0.4, 0.5) is 0 Å². The number of amides is 1. The van der Waals surface area contributed by atoms with Crippen LogP contribution in [0.5, 0.6) is 0 Å². The summed E-state index contributed by atoms with van der Waals surface area (Å²) in [5, 5.41) is 12.0. The molecule has 4 heteroatoms. The molecule has 0 aromatic carbocycles. The molecule has 4 nitrogen and oxygen atoms in total. The molecule has 1 aliphatic heterocycles. The van der Waals surface area contributed by atoms with Crippen LogP contribution in [0.15, 0.2) is 0 Å². The molecule has 0 saturated carbocycles. The van der Waals surface area contributed by atoms with Crippen molar-refractivity contribution in [2.75, 3.05) is 13.2 Å². The van der Waals surface area contributed by atoms with E-state index in [1.165, 1.54) is 0 Å². The van der Waals surface area contributed by atoms with E-state index in [1.807, 2.05) is 25.7 Å². The Morgan fingerprint density at radius 3 is 2.79 bits per heavy atom. The van der Waals surface area contributed by atoms with Crippen LogP contribution in [-0.2, 0) is 4.79 Å². The molecule has 2 unspecified atom stereocenters. The quantitative estimate of drug-likeness (QED) is 0.672. The minimum Gasteiger partial charge on any atom is -0.396 e. The van der Waals surface area contributed by atoms with Gasteiger partial charge in [-0.3, -0.25) is 4.79 Å². The molecule has 0 radical (unpaired) electrons. The number of hydrogen-bond acceptors (Lipinski definition) is 3. The SMILES string of the molecule is CC(C)N1C(=O)C(CCO)NCC1C. The van der Waals surface area contributed by atoms with E-state index in [0.29, 0.717) is 6.42 Å². The fraction of sp³-hybridized carbons (Fsp3) is 0.900. The topological polar surface area (TPSA) is 52.6 Å². The first kappa shape index (κ1) is 11.5. The average molecular weight is 200 g/mol. The second-order valence-electron chi connectivity index (χ2n) is 4.16. The number of rotatable bonds is 3. The second kappa shape index (κ2) is 4.75. The van der Waals surface area contributed by atoms with Crippen LogP contribution in [0.3, 0.4) is 0 Å². The zero-order chi connectivity index (χ0) is 10.7. The fourth-order valence-electron chi connectivity index (χ4n) is 2.01. The van der Waals surface area contributed by atoms with Gasteiger partial charge in [0.15, 0.2) is 0 Å². The molecule has 2 atom stereocenters. The van der Waals surface area contributed by atoms with Gasteiger partial charge in [0.2, 0.25) is 5.91 Å². The first-order valence-electron chi connectivity index (χ1n) is 5.24. The van der Waals surface area contributed by atoms with E-state index in [4.69, 9.17) is 5.11 Å². The van der Waals surface area contributed by atoms with Crippen LogP contribution in [0.25, 0.3) is 0 Å². The highest BCUT2D eigenvalue weighted by Crippen LogP contribution is 2.13. The lowest BCUT2D eigenvalue weighted by molar-refractivity contribution is -0.140. The Hall–Kier alpha value is -0.610. The van der Waals surface area contributed by atoms with Gasteiger partial charge in [0.05, 0.1) is 6.04 Å². The minimum absolute atomic E-state index is 0.0592. The number of piperazine rings is 1. The molecule has 0 spiro atoms. The smallest absolute Gasteiger partial charge is 0.240 e. The summed E-state index contributed by atoms with van der Waals surface area (Å²) in [6.07, 6.45) is 0.509. The van der Waals surface area contributed by atoms with Gasteiger partial charge in [-0.1, -0.05) is 0 Å². The summed E-state index contributed by atoms with van der Waals surface area (Å²) in [6.45, 7) is 6.96. The van der Waals surface area contributed by atoms with Crippen molar-refractivity contribution in [3.8, 4) is 0 Å². The first-order valence-corrected chi connectivity index (χ1v) is 5.24. The molecular formula is C10H20N2O2. The Balaban J connectivity index is 2.67. The molecule has 0 aliphatic carbocycles. The van der Waals surface area contributed by atoms with Crippen molar-refractivity contribution in [3.05, 3.63) is 0 Å². The van der Waals surface area contributed by atoms with E-state index >= 15 is 0 Å². The fourth-order valence-corrected chi connectivity index (χ4v) is 2.01. The van der Waals surface area contributed by atoms with E-state index in [9.17, 15) is 4.79 Å². The number of carbonyl (C=O) groups excluding carboxylic acids is 1. The number of aliphatic hydroxyl groups is 1. The number of nitrogens with zero attached hydrogens (tertiary/aromatic N) is 1. The van der Waals surface area contributed by atoms with Gasteiger partial charge in [-0.2, -0.15) is 0 Å². The highest BCUT2D eigenvalue weighted by atomic mass is 16.3. The first-order chi connectivity index (χ1) is 6.57. The zero-order valence-corrected chi connectivity index (χ0v) is 9.16. The van der Waals surface area contributed by atoms with E-state index in [-0.39, 0.29) is 30.6 Å². The van der Waals surface area contributed by atoms with Crippen LogP contribution in [-0.4, -0.2) is 47.2 Å². The van der Waals surface area contributed by atoms with Crippen molar-refractivity contribution < 1.29 is 9.90 Å². The van der Waals surface area contributed by atoms with Gasteiger partial charge in [0.25, 0.3) is 0 Å². The second-order valence-corrected chi connectivity index (χ2v) is 4.16. The van der Waals surface area contributed by atoms with E-state index in [1.54, 1.807) is 0 Å². The summed E-state index contributed by atoms with van der Waals surface area (Å²) >= 11 is 0. The van der Waals surface area contributed by atoms with Gasteiger partial charge in [-0.25, -0.2) is 0 Å². The lowest BCUT2D eigenvalue weighted by Crippen LogP contribution is -2.61. The van der Waals surface area contributed by atoms with Crippen LogP contribution >= 0.6 is 0 Å². The molecule has 0 aromatic heterocycles. The molecule has 1 heterocycles. The Morgan fingerprint density at radius 1 is 1.64 bits per heavy atom. The summed E-state index contributed by atoms with van der Waals surface area (Å²) in [5.74, 6) is 0.118. The van der Waals surface area contributed by atoms with Gasteiger partial charge < -0.3 is 15.3 Å². The molecule has 0 bridgehead atoms. The molecular weight excluding hydrogens is 180 g/mol. The summed E-state index contributed by atoms with van der Waals surface area (Å²) in [4.78, 5) is 13.8. The Labute approximate surface area is 85.3 Å². The zero-order valence-electron chi connectivity index (χ0n) is 9.16. The van der Waals surface area contributed by atoms with Crippen molar-refractivity contribution in [1.29, 1.82) is 0 Å². The Bertz CT molecular complexity index is 206. The maximum Gasteiger partial charge on any atom is 0.240 e. The van der Waals surface area contributed by atoms with Crippen LogP contribution < -0.4 is 5.32 Å². The van der Waals surface area contributed by atoms with Crippen molar-refractivity contribution in [2.45, 2.75) is 45.3 Å². The van der Waals surface area contributed by atoms with Crippen LogP contribution in [0, 0.1) is 0 Å². The number of aliphatic hydroxyl groups excluding tert-OH is 1. The number of hydrogen-bond donors (Lipinski definition) is 2. The van der Waals surface area contributed by atoms with Crippen molar-refractivity contribution in [2.24, 2.45) is 0 Å². The monoisotopic (exact) mass is 200 g/mol. The Kier molecular flexibility index (Phi) is 3.89. The maximum absolute atomic E-state index is 11.9. The molecule has 1 amide bonds. The summed E-state index contributed by atoms with van der Waals surface area (Å²) in [5.41, 5.74) is 0. The molecule has 1 fully saturated rings. The van der Waals surface area contributed by atoms with Crippen LogP contribution in [0.2, 0.25) is 0 Å². The summed E-state index contributed by atoms with van der Waals surface area (Å²) < 4.78 is 0. The number of carbonyl (C=O) groups is 1. The van der Waals surface area contributed by atoms with Crippen molar-refractivity contribution in [1.82, 2.24) is 10.2 Å². The van der Waals surface area contributed by atoms with Gasteiger partial charge in [-0.05, 0) is 27.2 Å². The summed E-state index contributed by atoms with van der Waals surface area (Å²) in [6, 6.07) is 0.289. The normalized spacial score (nSPS) is 28.6. The van der Waals surface area contributed by atoms with Gasteiger partial charge in [0, 0.05) is 25.2 Å². The van der Waals surface area contributed by atoms with E-state index < -0.39 is 0 Å². The maximum atomic E-state index is 11.9. The molecule has 2 N–H and O–H groups in total. The third-order valence-corrected chi connectivity index (χ3v) is 2.66. The average Bonchev–Trinajstić information content (AvgIpc) is 2.10. The third kappa shape index (κ3) is 2.25. The van der Waals surface area contributed by atoms with Gasteiger partial charge in [-0.15, -0.1) is 0 Å².